The summed E-state index contributed by atoms with van der Waals surface area (Å²) in [6, 6.07) is 24.8. The number of anilines is 2. The zero-order valence-electron chi connectivity index (χ0n) is 20.7. The number of halogens is 2. The van der Waals surface area contributed by atoms with Gasteiger partial charge in [-0.2, -0.15) is 0 Å². The molecule has 192 valence electrons. The number of carbonyl (C=O) groups excluding carboxylic acids is 2. The third kappa shape index (κ3) is 4.68. The molecule has 1 heterocycles. The molecule has 0 aliphatic carbocycles. The molecule has 0 radical (unpaired) electrons. The van der Waals surface area contributed by atoms with Gasteiger partial charge in [0, 0.05) is 16.9 Å². The van der Waals surface area contributed by atoms with Crippen molar-refractivity contribution in [3.8, 4) is 11.5 Å². The lowest BCUT2D eigenvalue weighted by Gasteiger charge is -2.42. The number of hydrogen-bond donors (Lipinski definition) is 1. The van der Waals surface area contributed by atoms with E-state index in [4.69, 9.17) is 21.1 Å². The predicted octanol–water partition coefficient (Wildman–Crippen LogP) is 6.62. The first-order valence-corrected chi connectivity index (χ1v) is 12.3. The van der Waals surface area contributed by atoms with Crippen LogP contribution in [-0.4, -0.2) is 26.0 Å². The molecule has 2 atom stereocenters. The highest BCUT2D eigenvalue weighted by atomic mass is 35.5. The van der Waals surface area contributed by atoms with Gasteiger partial charge in [-0.1, -0.05) is 41.9 Å². The Hall–Kier alpha value is -4.36. The summed E-state index contributed by atoms with van der Waals surface area (Å²) in [6.07, 6.45) is 0. The minimum absolute atomic E-state index is 0.103. The summed E-state index contributed by atoms with van der Waals surface area (Å²) in [4.78, 5) is 29.6. The van der Waals surface area contributed by atoms with Crippen LogP contribution in [0.25, 0.3) is 0 Å². The molecule has 1 N–H and O–H groups in total. The number of amides is 2. The van der Waals surface area contributed by atoms with Gasteiger partial charge in [-0.15, -0.1) is 0 Å². The van der Waals surface area contributed by atoms with E-state index in [1.807, 2.05) is 12.1 Å². The lowest BCUT2D eigenvalue weighted by molar-refractivity contribution is -0.118. The highest BCUT2D eigenvalue weighted by molar-refractivity contribution is 6.31. The topological polar surface area (TPSA) is 67.9 Å². The van der Waals surface area contributed by atoms with Crippen LogP contribution in [0.3, 0.4) is 0 Å². The molecule has 38 heavy (non-hydrogen) atoms. The van der Waals surface area contributed by atoms with Crippen LogP contribution in [0.15, 0.2) is 91.0 Å². The molecule has 2 unspecified atom stereocenters. The van der Waals surface area contributed by atoms with E-state index in [2.05, 4.69) is 5.32 Å². The van der Waals surface area contributed by atoms with E-state index in [9.17, 15) is 14.0 Å². The molecule has 0 aromatic heterocycles. The van der Waals surface area contributed by atoms with Gasteiger partial charge in [-0.25, -0.2) is 4.39 Å². The fourth-order valence-corrected chi connectivity index (χ4v) is 4.96. The number of rotatable bonds is 6. The fourth-order valence-electron chi connectivity index (χ4n) is 4.78. The van der Waals surface area contributed by atoms with Gasteiger partial charge < -0.3 is 14.8 Å². The third-order valence-electron chi connectivity index (χ3n) is 6.62. The Labute approximate surface area is 224 Å². The molecule has 5 rings (SSSR count). The Balaban J connectivity index is 1.67. The molecule has 0 bridgehead atoms. The van der Waals surface area contributed by atoms with E-state index in [1.54, 1.807) is 79.8 Å². The summed E-state index contributed by atoms with van der Waals surface area (Å²) in [5.41, 5.74) is 2.70. The Kier molecular flexibility index (Phi) is 7.03. The minimum atomic E-state index is -0.803. The van der Waals surface area contributed by atoms with E-state index in [0.717, 1.165) is 5.56 Å². The van der Waals surface area contributed by atoms with Gasteiger partial charge in [-0.05, 0) is 71.8 Å². The van der Waals surface area contributed by atoms with Crippen molar-refractivity contribution in [2.45, 2.75) is 12.0 Å². The van der Waals surface area contributed by atoms with Gasteiger partial charge in [0.2, 0.25) is 5.91 Å². The maximum Gasteiger partial charge on any atom is 0.259 e. The van der Waals surface area contributed by atoms with Gasteiger partial charge >= 0.3 is 0 Å². The van der Waals surface area contributed by atoms with Crippen molar-refractivity contribution in [2.24, 2.45) is 0 Å². The van der Waals surface area contributed by atoms with Gasteiger partial charge in [-0.3, -0.25) is 14.5 Å². The maximum absolute atomic E-state index is 14.0. The maximum atomic E-state index is 14.0. The first kappa shape index (κ1) is 25.3. The van der Waals surface area contributed by atoms with Gasteiger partial charge in [0.1, 0.15) is 17.3 Å². The normalized spacial score (nSPS) is 16.5. The van der Waals surface area contributed by atoms with Crippen LogP contribution in [0.2, 0.25) is 5.02 Å². The highest BCUT2D eigenvalue weighted by Crippen LogP contribution is 2.46. The number of carbonyl (C=O) groups is 2. The standard InChI is InChI=1S/C30H24ClFN2O4/c1-37-21-12-7-18(8-13-21)28-27(29(35)33-19-9-16-26(32)25(31)17-19)23-5-3-4-6-24(23)30(36)34(28)20-10-14-22(38-2)15-11-20/h3-17,27-28H,1-2H3,(H,33,35). The molecule has 0 spiro atoms. The van der Waals surface area contributed by atoms with Crippen LogP contribution in [0.4, 0.5) is 15.8 Å². The van der Waals surface area contributed by atoms with E-state index in [1.165, 1.54) is 18.2 Å². The fraction of sp³-hybridized carbons (Fsp3) is 0.133. The van der Waals surface area contributed by atoms with E-state index in [0.29, 0.717) is 34.0 Å². The van der Waals surface area contributed by atoms with Crippen molar-refractivity contribution in [1.29, 1.82) is 0 Å². The first-order valence-electron chi connectivity index (χ1n) is 11.9. The average Bonchev–Trinajstić information content (AvgIpc) is 2.95. The molecule has 4 aromatic rings. The van der Waals surface area contributed by atoms with E-state index < -0.39 is 17.8 Å². The summed E-state index contributed by atoms with van der Waals surface area (Å²) in [5, 5.41) is 2.77. The largest absolute Gasteiger partial charge is 0.497 e. The molecule has 8 heteroatoms. The summed E-state index contributed by atoms with van der Waals surface area (Å²) in [5.74, 6) is -0.702. The molecule has 4 aromatic carbocycles. The second-order valence-corrected chi connectivity index (χ2v) is 9.18. The summed E-state index contributed by atoms with van der Waals surface area (Å²) < 4.78 is 24.4. The molecule has 6 nitrogen and oxygen atoms in total. The van der Waals surface area contributed by atoms with Gasteiger partial charge in [0.15, 0.2) is 0 Å². The molecule has 2 amide bonds. The van der Waals surface area contributed by atoms with Crippen molar-refractivity contribution >= 4 is 34.8 Å². The van der Waals surface area contributed by atoms with Crippen molar-refractivity contribution in [2.75, 3.05) is 24.4 Å². The molecular weight excluding hydrogens is 507 g/mol. The quantitative estimate of drug-likeness (QED) is 0.304. The SMILES string of the molecule is COc1ccc(C2C(C(=O)Nc3ccc(F)c(Cl)c3)c3ccccc3C(=O)N2c2ccc(OC)cc2)cc1. The minimum Gasteiger partial charge on any atom is -0.497 e. The number of hydrogen-bond acceptors (Lipinski definition) is 4. The van der Waals surface area contributed by atoms with Crippen molar-refractivity contribution in [3.05, 3.63) is 119 Å². The average molecular weight is 531 g/mol. The Bertz CT molecular complexity index is 1490. The summed E-state index contributed by atoms with van der Waals surface area (Å²) in [7, 11) is 3.14. The molecule has 0 fully saturated rings. The second-order valence-electron chi connectivity index (χ2n) is 8.77. The first-order chi connectivity index (χ1) is 18.4. The summed E-state index contributed by atoms with van der Waals surface area (Å²) in [6.45, 7) is 0. The zero-order chi connectivity index (χ0) is 26.8. The van der Waals surface area contributed by atoms with E-state index >= 15 is 0 Å². The Morgan fingerprint density at radius 3 is 2.16 bits per heavy atom. The van der Waals surface area contributed by atoms with Crippen LogP contribution in [0, 0.1) is 5.82 Å². The Morgan fingerprint density at radius 2 is 1.53 bits per heavy atom. The molecular formula is C30H24ClFN2O4. The number of methoxy groups -OCH3 is 2. The Morgan fingerprint density at radius 1 is 0.895 bits per heavy atom. The number of fused-ring (bicyclic) bond motifs is 1. The monoisotopic (exact) mass is 530 g/mol. The number of benzene rings is 4. The predicted molar refractivity (Wildman–Crippen MR) is 145 cm³/mol. The number of nitrogens with one attached hydrogen (secondary N) is 1. The van der Waals surface area contributed by atoms with Crippen molar-refractivity contribution < 1.29 is 23.5 Å². The van der Waals surface area contributed by atoms with Gasteiger partial charge in [0.25, 0.3) is 5.91 Å². The highest BCUT2D eigenvalue weighted by Gasteiger charge is 2.45. The lowest BCUT2D eigenvalue weighted by Crippen LogP contribution is -2.46. The summed E-state index contributed by atoms with van der Waals surface area (Å²) >= 11 is 5.96. The van der Waals surface area contributed by atoms with Crippen molar-refractivity contribution in [3.63, 3.8) is 0 Å². The second kappa shape index (κ2) is 10.6. The van der Waals surface area contributed by atoms with Crippen LogP contribution in [0.1, 0.15) is 33.4 Å². The number of ether oxygens (including phenoxy) is 2. The molecule has 0 saturated carbocycles. The molecule has 0 saturated heterocycles. The zero-order valence-corrected chi connectivity index (χ0v) is 21.4. The lowest BCUT2D eigenvalue weighted by atomic mass is 9.78. The number of nitrogens with zero attached hydrogens (tertiary/aromatic N) is 1. The van der Waals surface area contributed by atoms with Crippen LogP contribution in [-0.2, 0) is 4.79 Å². The van der Waals surface area contributed by atoms with Crippen molar-refractivity contribution in [1.82, 2.24) is 0 Å². The molecule has 1 aliphatic rings. The molecule has 1 aliphatic heterocycles. The van der Waals surface area contributed by atoms with Crippen LogP contribution < -0.4 is 19.7 Å². The van der Waals surface area contributed by atoms with E-state index in [-0.39, 0.29) is 16.8 Å². The van der Waals surface area contributed by atoms with Gasteiger partial charge in [0.05, 0.1) is 31.2 Å². The van der Waals surface area contributed by atoms with Crippen LogP contribution >= 0.6 is 11.6 Å². The smallest absolute Gasteiger partial charge is 0.259 e. The van der Waals surface area contributed by atoms with Crippen LogP contribution in [0.5, 0.6) is 11.5 Å². The third-order valence-corrected chi connectivity index (χ3v) is 6.91.